The van der Waals surface area contributed by atoms with E-state index in [4.69, 9.17) is 0 Å². The van der Waals surface area contributed by atoms with Crippen LogP contribution in [0.2, 0.25) is 0 Å². The maximum atomic E-state index is 12.1. The molecular formula is C14H19Cl2N5O. The summed E-state index contributed by atoms with van der Waals surface area (Å²) < 4.78 is 1.63. The Morgan fingerprint density at radius 2 is 2.27 bits per heavy atom. The summed E-state index contributed by atoms with van der Waals surface area (Å²) in [6, 6.07) is 7.76. The Hall–Kier alpha value is -1.63. The molecule has 0 radical (unpaired) electrons. The normalized spacial score (nSPS) is 16.5. The zero-order chi connectivity index (χ0) is 13.8. The van der Waals surface area contributed by atoms with Gasteiger partial charge in [-0.2, -0.15) is 5.10 Å². The lowest BCUT2D eigenvalue weighted by molar-refractivity contribution is 0.0950. The van der Waals surface area contributed by atoms with Gasteiger partial charge in [0.1, 0.15) is 12.7 Å². The molecule has 6 nitrogen and oxygen atoms in total. The van der Waals surface area contributed by atoms with Gasteiger partial charge in [0.25, 0.3) is 5.91 Å². The fourth-order valence-corrected chi connectivity index (χ4v) is 2.38. The Kier molecular flexibility index (Phi) is 7.31. The number of nitrogens with one attached hydrogen (secondary N) is 2. The van der Waals surface area contributed by atoms with Crippen molar-refractivity contribution in [1.29, 1.82) is 0 Å². The topological polar surface area (TPSA) is 71.8 Å². The van der Waals surface area contributed by atoms with Gasteiger partial charge in [0, 0.05) is 18.2 Å². The van der Waals surface area contributed by atoms with Crippen LogP contribution >= 0.6 is 24.8 Å². The molecule has 1 unspecified atom stereocenters. The van der Waals surface area contributed by atoms with Crippen molar-refractivity contribution >= 4 is 30.7 Å². The molecule has 0 spiro atoms. The van der Waals surface area contributed by atoms with Gasteiger partial charge >= 0.3 is 0 Å². The molecule has 1 aromatic carbocycles. The van der Waals surface area contributed by atoms with Crippen LogP contribution in [0.25, 0.3) is 5.69 Å². The summed E-state index contributed by atoms with van der Waals surface area (Å²) in [5.74, 6) is -0.0549. The Labute approximate surface area is 141 Å². The summed E-state index contributed by atoms with van der Waals surface area (Å²) in [6.45, 7) is 1.72. The second-order valence-electron chi connectivity index (χ2n) is 4.89. The van der Waals surface area contributed by atoms with Crippen LogP contribution in [-0.2, 0) is 0 Å². The van der Waals surface area contributed by atoms with Crippen molar-refractivity contribution in [3.63, 3.8) is 0 Å². The first-order valence-electron chi connectivity index (χ1n) is 6.79. The first-order chi connectivity index (χ1) is 9.83. The molecule has 1 aliphatic heterocycles. The van der Waals surface area contributed by atoms with Crippen LogP contribution in [0.4, 0.5) is 0 Å². The highest BCUT2D eigenvalue weighted by Crippen LogP contribution is 2.09. The van der Waals surface area contributed by atoms with E-state index in [-0.39, 0.29) is 30.7 Å². The first-order valence-corrected chi connectivity index (χ1v) is 6.79. The average molecular weight is 344 g/mol. The fourth-order valence-electron chi connectivity index (χ4n) is 2.38. The van der Waals surface area contributed by atoms with Gasteiger partial charge in [-0.05, 0) is 37.6 Å². The van der Waals surface area contributed by atoms with Crippen molar-refractivity contribution in [2.75, 3.05) is 13.1 Å². The molecule has 2 heterocycles. The van der Waals surface area contributed by atoms with Crippen LogP contribution in [0.5, 0.6) is 0 Å². The minimum atomic E-state index is -0.0549. The van der Waals surface area contributed by atoms with E-state index in [0.717, 1.165) is 18.7 Å². The third kappa shape index (κ3) is 4.43. The number of nitrogens with zero attached hydrogens (tertiary/aromatic N) is 3. The molecule has 22 heavy (non-hydrogen) atoms. The quantitative estimate of drug-likeness (QED) is 0.884. The van der Waals surface area contributed by atoms with E-state index in [9.17, 15) is 4.79 Å². The van der Waals surface area contributed by atoms with Crippen molar-refractivity contribution in [3.8, 4) is 5.69 Å². The first kappa shape index (κ1) is 18.4. The zero-order valence-electron chi connectivity index (χ0n) is 11.9. The van der Waals surface area contributed by atoms with Gasteiger partial charge < -0.3 is 10.6 Å². The molecule has 0 bridgehead atoms. The number of carbonyl (C=O) groups is 1. The summed E-state index contributed by atoms with van der Waals surface area (Å²) >= 11 is 0. The Balaban J connectivity index is 0.00000121. The molecule has 120 valence electrons. The summed E-state index contributed by atoms with van der Waals surface area (Å²) in [6.07, 6.45) is 5.39. The molecular weight excluding hydrogens is 325 g/mol. The lowest BCUT2D eigenvalue weighted by atomic mass is 10.1. The van der Waals surface area contributed by atoms with Gasteiger partial charge in [-0.3, -0.25) is 4.79 Å². The van der Waals surface area contributed by atoms with Crippen molar-refractivity contribution in [2.24, 2.45) is 0 Å². The van der Waals surface area contributed by atoms with Crippen LogP contribution in [0.1, 0.15) is 23.2 Å². The minimum Gasteiger partial charge on any atom is -0.350 e. The predicted octanol–water partition coefficient (Wildman–Crippen LogP) is 1.59. The molecule has 1 amide bonds. The number of carbonyl (C=O) groups excluding carboxylic acids is 1. The monoisotopic (exact) mass is 343 g/mol. The smallest absolute Gasteiger partial charge is 0.251 e. The maximum absolute atomic E-state index is 12.1. The lowest BCUT2D eigenvalue weighted by Crippen LogP contribution is -2.37. The number of hydrogen-bond acceptors (Lipinski definition) is 4. The lowest BCUT2D eigenvalue weighted by Gasteiger charge is -2.12. The standard InChI is InChI=1S/C14H17N5O.2ClH/c20-14(17-8-12-4-2-6-16-12)11-3-1-5-13(7-11)19-10-15-9-18-19;;/h1,3,5,7,9-10,12,16H,2,4,6,8H2,(H,17,20);2*1H. The van der Waals surface area contributed by atoms with Gasteiger partial charge in [-0.1, -0.05) is 6.07 Å². The molecule has 1 saturated heterocycles. The van der Waals surface area contributed by atoms with E-state index in [1.54, 1.807) is 17.1 Å². The molecule has 2 aromatic rings. The van der Waals surface area contributed by atoms with Gasteiger partial charge in [0.05, 0.1) is 5.69 Å². The van der Waals surface area contributed by atoms with E-state index in [1.807, 2.05) is 18.2 Å². The largest absolute Gasteiger partial charge is 0.350 e. The van der Waals surface area contributed by atoms with Crippen molar-refractivity contribution in [1.82, 2.24) is 25.4 Å². The van der Waals surface area contributed by atoms with Crippen molar-refractivity contribution < 1.29 is 4.79 Å². The minimum absolute atomic E-state index is 0. The summed E-state index contributed by atoms with van der Waals surface area (Å²) in [7, 11) is 0. The molecule has 3 rings (SSSR count). The number of hydrogen-bond donors (Lipinski definition) is 2. The summed E-state index contributed by atoms with van der Waals surface area (Å²) in [5, 5.41) is 10.4. The van der Waals surface area contributed by atoms with E-state index < -0.39 is 0 Å². The van der Waals surface area contributed by atoms with E-state index >= 15 is 0 Å². The molecule has 8 heteroatoms. The van der Waals surface area contributed by atoms with E-state index in [1.165, 1.54) is 12.7 Å². The van der Waals surface area contributed by atoms with Crippen LogP contribution < -0.4 is 10.6 Å². The summed E-state index contributed by atoms with van der Waals surface area (Å²) in [4.78, 5) is 16.0. The molecule has 0 saturated carbocycles. The third-order valence-electron chi connectivity index (χ3n) is 3.46. The highest BCUT2D eigenvalue weighted by Gasteiger charge is 2.15. The van der Waals surface area contributed by atoms with Crippen LogP contribution in [0.3, 0.4) is 0 Å². The van der Waals surface area contributed by atoms with Crippen LogP contribution in [-0.4, -0.2) is 39.8 Å². The highest BCUT2D eigenvalue weighted by molar-refractivity contribution is 5.94. The fraction of sp³-hybridized carbons (Fsp3) is 0.357. The zero-order valence-corrected chi connectivity index (χ0v) is 13.6. The van der Waals surface area contributed by atoms with Gasteiger partial charge in [0.15, 0.2) is 0 Å². The highest BCUT2D eigenvalue weighted by atomic mass is 35.5. The molecule has 0 aliphatic carbocycles. The number of rotatable bonds is 4. The third-order valence-corrected chi connectivity index (χ3v) is 3.46. The number of halogens is 2. The number of aromatic nitrogens is 3. The number of amides is 1. The van der Waals surface area contributed by atoms with Gasteiger partial charge in [-0.25, -0.2) is 9.67 Å². The average Bonchev–Trinajstić information content (AvgIpc) is 3.18. The van der Waals surface area contributed by atoms with E-state index in [0.29, 0.717) is 18.2 Å². The van der Waals surface area contributed by atoms with Gasteiger partial charge in [-0.15, -0.1) is 24.8 Å². The predicted molar refractivity (Wildman–Crippen MR) is 89.2 cm³/mol. The van der Waals surface area contributed by atoms with Gasteiger partial charge in [0.2, 0.25) is 0 Å². The SMILES string of the molecule is Cl.Cl.O=C(NCC1CCCN1)c1cccc(-n2cncn2)c1. The summed E-state index contributed by atoms with van der Waals surface area (Å²) in [5.41, 5.74) is 1.46. The van der Waals surface area contributed by atoms with Crippen molar-refractivity contribution in [3.05, 3.63) is 42.5 Å². The van der Waals surface area contributed by atoms with Crippen LogP contribution in [0.15, 0.2) is 36.9 Å². The van der Waals surface area contributed by atoms with Crippen molar-refractivity contribution in [2.45, 2.75) is 18.9 Å². The molecule has 1 aromatic heterocycles. The molecule has 1 fully saturated rings. The Bertz CT molecular complexity index is 585. The maximum Gasteiger partial charge on any atom is 0.251 e. The molecule has 2 N–H and O–H groups in total. The Morgan fingerprint density at radius 1 is 1.41 bits per heavy atom. The molecule has 1 aliphatic rings. The van der Waals surface area contributed by atoms with E-state index in [2.05, 4.69) is 20.7 Å². The second-order valence-corrected chi connectivity index (χ2v) is 4.89. The Morgan fingerprint density at radius 3 is 2.95 bits per heavy atom. The molecule has 1 atom stereocenters. The van der Waals surface area contributed by atoms with Crippen LogP contribution in [0, 0.1) is 0 Å². The number of benzene rings is 1. The second kappa shape index (κ2) is 8.73.